The molecule has 0 atom stereocenters. The van der Waals surface area contributed by atoms with Gasteiger partial charge in [0.15, 0.2) is 0 Å². The topological polar surface area (TPSA) is 30.9 Å². The lowest BCUT2D eigenvalue weighted by Crippen LogP contribution is -2.02. The van der Waals surface area contributed by atoms with Crippen molar-refractivity contribution in [1.82, 2.24) is 4.57 Å². The van der Waals surface area contributed by atoms with Crippen molar-refractivity contribution in [3.05, 3.63) is 36.0 Å². The molecule has 2 N–H and O–H groups in total. The number of benzene rings is 1. The van der Waals surface area contributed by atoms with Gasteiger partial charge in [0.2, 0.25) is 0 Å². The summed E-state index contributed by atoms with van der Waals surface area (Å²) >= 11 is 0. The van der Waals surface area contributed by atoms with E-state index in [-0.39, 0.29) is 0 Å². The second kappa shape index (κ2) is 3.84. The number of nitrogens with two attached hydrogens (primary N) is 1. The summed E-state index contributed by atoms with van der Waals surface area (Å²) in [6.07, 6.45) is 3.19. The van der Waals surface area contributed by atoms with Gasteiger partial charge in [-0.05, 0) is 31.5 Å². The van der Waals surface area contributed by atoms with Crippen molar-refractivity contribution in [3.8, 4) is 0 Å². The minimum absolute atomic E-state index is 0.720. The molecular formula is C12H16N2. The standard InChI is InChI=1S/C12H16N2/c1-2-14-9-10(7-8-13)11-5-3-4-6-12(11)14/h3-6,9H,2,7-8,13H2,1H3. The third kappa shape index (κ3) is 1.42. The molecule has 2 heteroatoms. The van der Waals surface area contributed by atoms with Gasteiger partial charge in [0.25, 0.3) is 0 Å². The van der Waals surface area contributed by atoms with E-state index in [4.69, 9.17) is 5.73 Å². The number of nitrogens with zero attached hydrogens (tertiary/aromatic N) is 1. The van der Waals surface area contributed by atoms with Crippen LogP contribution < -0.4 is 5.73 Å². The van der Waals surface area contributed by atoms with Crippen molar-refractivity contribution in [2.75, 3.05) is 6.54 Å². The van der Waals surface area contributed by atoms with Gasteiger partial charge < -0.3 is 10.3 Å². The zero-order valence-electron chi connectivity index (χ0n) is 8.53. The van der Waals surface area contributed by atoms with E-state index < -0.39 is 0 Å². The van der Waals surface area contributed by atoms with Gasteiger partial charge in [-0.3, -0.25) is 0 Å². The molecule has 0 fully saturated rings. The summed E-state index contributed by atoms with van der Waals surface area (Å²) in [4.78, 5) is 0. The number of aromatic nitrogens is 1. The molecule has 0 bridgehead atoms. The molecule has 0 saturated heterocycles. The van der Waals surface area contributed by atoms with Gasteiger partial charge in [-0.25, -0.2) is 0 Å². The van der Waals surface area contributed by atoms with Crippen molar-refractivity contribution >= 4 is 10.9 Å². The molecule has 2 nitrogen and oxygen atoms in total. The molecule has 0 aliphatic rings. The van der Waals surface area contributed by atoms with Crippen molar-refractivity contribution in [3.63, 3.8) is 0 Å². The van der Waals surface area contributed by atoms with Gasteiger partial charge in [0, 0.05) is 23.6 Å². The molecule has 2 aromatic rings. The quantitative estimate of drug-likeness (QED) is 0.786. The number of hydrogen-bond acceptors (Lipinski definition) is 1. The maximum Gasteiger partial charge on any atom is 0.0483 e. The second-order valence-corrected chi connectivity index (χ2v) is 3.50. The van der Waals surface area contributed by atoms with Gasteiger partial charge in [-0.15, -0.1) is 0 Å². The monoisotopic (exact) mass is 188 g/mol. The number of aryl methyl sites for hydroxylation is 1. The Morgan fingerprint density at radius 2 is 2.07 bits per heavy atom. The van der Waals surface area contributed by atoms with Crippen LogP contribution in [0, 0.1) is 0 Å². The first-order chi connectivity index (χ1) is 6.86. The van der Waals surface area contributed by atoms with Crippen LogP contribution in [-0.4, -0.2) is 11.1 Å². The van der Waals surface area contributed by atoms with Crippen LogP contribution in [0.15, 0.2) is 30.5 Å². The smallest absolute Gasteiger partial charge is 0.0483 e. The Morgan fingerprint density at radius 3 is 2.79 bits per heavy atom. The molecule has 0 aliphatic carbocycles. The SMILES string of the molecule is CCn1cc(CCN)c2ccccc21. The summed E-state index contributed by atoms with van der Waals surface area (Å²) in [5, 5.41) is 1.35. The van der Waals surface area contributed by atoms with Crippen LogP contribution in [0.5, 0.6) is 0 Å². The average molecular weight is 188 g/mol. The number of hydrogen-bond donors (Lipinski definition) is 1. The predicted molar refractivity (Wildman–Crippen MR) is 60.4 cm³/mol. The van der Waals surface area contributed by atoms with Crippen LogP contribution in [-0.2, 0) is 13.0 Å². The maximum atomic E-state index is 5.59. The molecule has 1 aromatic heterocycles. The fraction of sp³-hybridized carbons (Fsp3) is 0.333. The lowest BCUT2D eigenvalue weighted by atomic mass is 10.1. The fourth-order valence-electron chi connectivity index (χ4n) is 1.94. The van der Waals surface area contributed by atoms with Crippen molar-refractivity contribution in [2.24, 2.45) is 5.73 Å². The minimum Gasteiger partial charge on any atom is -0.347 e. The van der Waals surface area contributed by atoms with Crippen LogP contribution in [0.2, 0.25) is 0 Å². The molecule has 74 valence electrons. The highest BCUT2D eigenvalue weighted by atomic mass is 14.9. The third-order valence-corrected chi connectivity index (χ3v) is 2.63. The Hall–Kier alpha value is -1.28. The summed E-state index contributed by atoms with van der Waals surface area (Å²) in [5.74, 6) is 0. The number of para-hydroxylation sites is 1. The molecule has 0 unspecified atom stereocenters. The predicted octanol–water partition coefficient (Wildman–Crippen LogP) is 2.16. The minimum atomic E-state index is 0.720. The van der Waals surface area contributed by atoms with E-state index in [9.17, 15) is 0 Å². The summed E-state index contributed by atoms with van der Waals surface area (Å²) in [7, 11) is 0. The van der Waals surface area contributed by atoms with E-state index in [0.717, 1.165) is 19.5 Å². The number of fused-ring (bicyclic) bond motifs is 1. The second-order valence-electron chi connectivity index (χ2n) is 3.50. The molecule has 2 rings (SSSR count). The van der Waals surface area contributed by atoms with Crippen LogP contribution in [0.4, 0.5) is 0 Å². The highest BCUT2D eigenvalue weighted by molar-refractivity contribution is 5.83. The Morgan fingerprint density at radius 1 is 1.29 bits per heavy atom. The van der Waals surface area contributed by atoms with Gasteiger partial charge in [0.1, 0.15) is 0 Å². The van der Waals surface area contributed by atoms with Crippen molar-refractivity contribution in [2.45, 2.75) is 19.9 Å². The average Bonchev–Trinajstić information content (AvgIpc) is 2.58. The number of rotatable bonds is 3. The maximum absolute atomic E-state index is 5.59. The summed E-state index contributed by atoms with van der Waals surface area (Å²) in [6.45, 7) is 3.90. The highest BCUT2D eigenvalue weighted by Crippen LogP contribution is 2.21. The highest BCUT2D eigenvalue weighted by Gasteiger charge is 2.05. The van der Waals surface area contributed by atoms with E-state index in [1.807, 2.05) is 0 Å². The zero-order valence-corrected chi connectivity index (χ0v) is 8.53. The van der Waals surface area contributed by atoms with Gasteiger partial charge in [-0.2, -0.15) is 0 Å². The van der Waals surface area contributed by atoms with Gasteiger partial charge in [-0.1, -0.05) is 18.2 Å². The Labute approximate surface area is 84.3 Å². The molecule has 0 aliphatic heterocycles. The zero-order chi connectivity index (χ0) is 9.97. The normalized spacial score (nSPS) is 11.0. The molecule has 0 amide bonds. The lowest BCUT2D eigenvalue weighted by molar-refractivity contribution is 0.790. The summed E-state index contributed by atoms with van der Waals surface area (Å²) < 4.78 is 2.28. The first-order valence-electron chi connectivity index (χ1n) is 5.13. The van der Waals surface area contributed by atoms with Crippen LogP contribution in [0.3, 0.4) is 0 Å². The van der Waals surface area contributed by atoms with Gasteiger partial charge >= 0.3 is 0 Å². The molecule has 0 radical (unpaired) electrons. The summed E-state index contributed by atoms with van der Waals surface area (Å²) in [5.41, 5.74) is 8.28. The summed E-state index contributed by atoms with van der Waals surface area (Å²) in [6, 6.07) is 8.51. The largest absolute Gasteiger partial charge is 0.347 e. The van der Waals surface area contributed by atoms with Crippen molar-refractivity contribution < 1.29 is 0 Å². The Bertz CT molecular complexity index is 429. The molecule has 14 heavy (non-hydrogen) atoms. The molecule has 1 aromatic carbocycles. The molecular weight excluding hydrogens is 172 g/mol. The van der Waals surface area contributed by atoms with E-state index in [2.05, 4.69) is 42.0 Å². The van der Waals surface area contributed by atoms with E-state index in [0.29, 0.717) is 0 Å². The van der Waals surface area contributed by atoms with E-state index in [1.54, 1.807) is 0 Å². The van der Waals surface area contributed by atoms with Crippen LogP contribution in [0.25, 0.3) is 10.9 Å². The van der Waals surface area contributed by atoms with Gasteiger partial charge in [0.05, 0.1) is 0 Å². The van der Waals surface area contributed by atoms with E-state index >= 15 is 0 Å². The van der Waals surface area contributed by atoms with Crippen molar-refractivity contribution in [1.29, 1.82) is 0 Å². The Balaban J connectivity index is 2.61. The fourth-order valence-corrected chi connectivity index (χ4v) is 1.94. The molecule has 0 spiro atoms. The van der Waals surface area contributed by atoms with E-state index in [1.165, 1.54) is 16.5 Å². The lowest BCUT2D eigenvalue weighted by Gasteiger charge is -1.98. The molecule has 0 saturated carbocycles. The third-order valence-electron chi connectivity index (χ3n) is 2.63. The Kier molecular flexibility index (Phi) is 2.55. The van der Waals surface area contributed by atoms with Crippen LogP contribution in [0.1, 0.15) is 12.5 Å². The first-order valence-corrected chi connectivity index (χ1v) is 5.13. The molecule has 1 heterocycles. The first kappa shape index (κ1) is 9.28. The van der Waals surface area contributed by atoms with Crippen LogP contribution >= 0.6 is 0 Å².